The summed E-state index contributed by atoms with van der Waals surface area (Å²) in [6, 6.07) is 51.6. The maximum Gasteiger partial charge on any atom is 0.127 e. The number of aliphatic hydroxyl groups is 2. The molecule has 7 rings (SSSR count). The van der Waals surface area contributed by atoms with Crippen molar-refractivity contribution in [1.82, 2.24) is 0 Å². The fourth-order valence-corrected chi connectivity index (χ4v) is 7.20. The molecule has 0 unspecified atom stereocenters. The van der Waals surface area contributed by atoms with E-state index in [0.29, 0.717) is 0 Å². The van der Waals surface area contributed by atoms with Gasteiger partial charge in [0.25, 0.3) is 0 Å². The molecule has 0 bridgehead atoms. The summed E-state index contributed by atoms with van der Waals surface area (Å²) in [5, 5.41) is 23.8. The summed E-state index contributed by atoms with van der Waals surface area (Å²) >= 11 is 0. The molecule has 7 aromatic carbocycles. The Bertz CT molecular complexity index is 2190. The van der Waals surface area contributed by atoms with Gasteiger partial charge in [-0.3, -0.25) is 0 Å². The van der Waals surface area contributed by atoms with E-state index in [1.165, 1.54) is 43.8 Å². The van der Waals surface area contributed by atoms with Crippen LogP contribution in [0.25, 0.3) is 43.8 Å². The molecule has 4 nitrogen and oxygen atoms in total. The van der Waals surface area contributed by atoms with Gasteiger partial charge in [0.05, 0.1) is 13.2 Å². The summed E-state index contributed by atoms with van der Waals surface area (Å²) in [7, 11) is 0. The molecule has 0 radical (unpaired) electrons. The molecular formula is C48H46O4. The van der Waals surface area contributed by atoms with Crippen LogP contribution >= 0.6 is 0 Å². The third kappa shape index (κ3) is 6.92. The van der Waals surface area contributed by atoms with Crippen molar-refractivity contribution in [2.75, 3.05) is 26.4 Å². The SMILES string of the molecule is CC(C)(c1cccc(C(C)(C)c2ccc(OCCO)c(-c3ccc4ccccc4c3)c2)c1)c1ccc(OCCO)c(-c2ccc3ccccc3c2)c1. The molecule has 0 amide bonds. The number of hydrogen-bond acceptors (Lipinski definition) is 4. The molecule has 0 aliphatic rings. The molecule has 0 saturated heterocycles. The first-order chi connectivity index (χ1) is 25.2. The van der Waals surface area contributed by atoms with Crippen LogP contribution in [0, 0.1) is 0 Å². The second-order valence-corrected chi connectivity index (χ2v) is 14.5. The van der Waals surface area contributed by atoms with Gasteiger partial charge < -0.3 is 19.7 Å². The van der Waals surface area contributed by atoms with Gasteiger partial charge in [0.1, 0.15) is 24.7 Å². The second kappa shape index (κ2) is 14.7. The van der Waals surface area contributed by atoms with Crippen LogP contribution in [0.2, 0.25) is 0 Å². The third-order valence-corrected chi connectivity index (χ3v) is 10.5. The van der Waals surface area contributed by atoms with Crippen LogP contribution in [0.15, 0.2) is 146 Å². The molecule has 52 heavy (non-hydrogen) atoms. The lowest BCUT2D eigenvalue weighted by atomic mass is 9.72. The van der Waals surface area contributed by atoms with Gasteiger partial charge in [0.15, 0.2) is 0 Å². The van der Waals surface area contributed by atoms with E-state index in [1.807, 2.05) is 12.1 Å². The van der Waals surface area contributed by atoms with Gasteiger partial charge in [0.2, 0.25) is 0 Å². The van der Waals surface area contributed by atoms with Crippen molar-refractivity contribution in [1.29, 1.82) is 0 Å². The van der Waals surface area contributed by atoms with Crippen LogP contribution in [-0.2, 0) is 10.8 Å². The van der Waals surface area contributed by atoms with Crippen molar-refractivity contribution < 1.29 is 19.7 Å². The van der Waals surface area contributed by atoms with E-state index in [-0.39, 0.29) is 37.3 Å². The number of fused-ring (bicyclic) bond motifs is 2. The van der Waals surface area contributed by atoms with E-state index >= 15 is 0 Å². The van der Waals surface area contributed by atoms with Crippen molar-refractivity contribution in [3.05, 3.63) is 168 Å². The quantitative estimate of drug-likeness (QED) is 0.134. The Morgan fingerprint density at radius 2 is 0.808 bits per heavy atom. The molecule has 0 atom stereocenters. The zero-order valence-corrected chi connectivity index (χ0v) is 30.4. The van der Waals surface area contributed by atoms with Crippen molar-refractivity contribution in [3.8, 4) is 33.8 Å². The van der Waals surface area contributed by atoms with E-state index in [9.17, 15) is 10.2 Å². The number of aliphatic hydroxyl groups excluding tert-OH is 2. The maximum absolute atomic E-state index is 9.56. The maximum atomic E-state index is 9.56. The molecule has 0 aromatic heterocycles. The van der Waals surface area contributed by atoms with Crippen LogP contribution in [0.1, 0.15) is 49.9 Å². The van der Waals surface area contributed by atoms with Crippen molar-refractivity contribution in [3.63, 3.8) is 0 Å². The minimum Gasteiger partial charge on any atom is -0.491 e. The van der Waals surface area contributed by atoms with Gasteiger partial charge in [-0.15, -0.1) is 0 Å². The molecule has 4 heteroatoms. The Kier molecular flexibility index (Phi) is 9.87. The number of hydrogen-bond donors (Lipinski definition) is 2. The van der Waals surface area contributed by atoms with Gasteiger partial charge in [-0.1, -0.05) is 137 Å². The largest absolute Gasteiger partial charge is 0.491 e. The van der Waals surface area contributed by atoms with Crippen molar-refractivity contribution in [2.24, 2.45) is 0 Å². The standard InChI is InChI=1S/C48H46O4/c1-47(2,41-20-22-45(51-26-24-49)43(31-41)37-18-16-33-10-5-7-12-35(33)28-37)39-14-9-15-40(30-39)48(3,4)42-21-23-46(52-27-25-50)44(32-42)38-19-17-34-11-6-8-13-36(34)29-38/h5-23,28-32,49-50H,24-27H2,1-4H3. The first-order valence-corrected chi connectivity index (χ1v) is 18.0. The molecular weight excluding hydrogens is 641 g/mol. The monoisotopic (exact) mass is 686 g/mol. The highest BCUT2D eigenvalue weighted by Gasteiger charge is 2.29. The van der Waals surface area contributed by atoms with Crippen molar-refractivity contribution in [2.45, 2.75) is 38.5 Å². The fourth-order valence-electron chi connectivity index (χ4n) is 7.20. The van der Waals surface area contributed by atoms with E-state index in [2.05, 4.69) is 161 Å². The van der Waals surface area contributed by atoms with Crippen LogP contribution in [-0.4, -0.2) is 36.6 Å². The molecule has 0 aliphatic carbocycles. The summed E-state index contributed by atoms with van der Waals surface area (Å²) in [5.74, 6) is 1.51. The predicted molar refractivity (Wildman–Crippen MR) is 215 cm³/mol. The smallest absolute Gasteiger partial charge is 0.127 e. The van der Waals surface area contributed by atoms with Gasteiger partial charge in [-0.25, -0.2) is 0 Å². The van der Waals surface area contributed by atoms with E-state index in [1.54, 1.807) is 0 Å². The third-order valence-electron chi connectivity index (χ3n) is 10.5. The summed E-state index contributed by atoms with van der Waals surface area (Å²) in [6.45, 7) is 9.48. The molecule has 0 spiro atoms. The molecule has 0 fully saturated rings. The van der Waals surface area contributed by atoms with Gasteiger partial charge in [0, 0.05) is 22.0 Å². The summed E-state index contributed by atoms with van der Waals surface area (Å²) < 4.78 is 12.1. The second-order valence-electron chi connectivity index (χ2n) is 14.5. The van der Waals surface area contributed by atoms with E-state index in [4.69, 9.17) is 9.47 Å². The summed E-state index contributed by atoms with van der Waals surface area (Å²) in [4.78, 5) is 0. The van der Waals surface area contributed by atoms with Gasteiger partial charge in [-0.05, 0) is 91.3 Å². The number of rotatable bonds is 12. The average Bonchev–Trinajstić information content (AvgIpc) is 3.18. The van der Waals surface area contributed by atoms with E-state index < -0.39 is 0 Å². The summed E-state index contributed by atoms with van der Waals surface area (Å²) in [5.41, 5.74) is 8.28. The molecule has 0 aliphatic heterocycles. The Balaban J connectivity index is 1.26. The summed E-state index contributed by atoms with van der Waals surface area (Å²) in [6.07, 6.45) is 0. The topological polar surface area (TPSA) is 58.9 Å². The van der Waals surface area contributed by atoms with Crippen LogP contribution in [0.4, 0.5) is 0 Å². The minimum absolute atomic E-state index is 0.0465. The Labute approximate surface area is 306 Å². The fraction of sp³-hybridized carbons (Fsp3) is 0.208. The highest BCUT2D eigenvalue weighted by atomic mass is 16.5. The Morgan fingerprint density at radius 3 is 1.23 bits per heavy atom. The lowest BCUT2D eigenvalue weighted by Gasteiger charge is -2.31. The molecule has 0 heterocycles. The lowest BCUT2D eigenvalue weighted by Crippen LogP contribution is -2.23. The first kappa shape index (κ1) is 35.0. The average molecular weight is 687 g/mol. The lowest BCUT2D eigenvalue weighted by molar-refractivity contribution is 0.202. The zero-order chi connectivity index (χ0) is 36.3. The minimum atomic E-state index is -0.328. The zero-order valence-electron chi connectivity index (χ0n) is 30.4. The normalized spacial score (nSPS) is 12.0. The Hall–Kier alpha value is -5.42. The molecule has 0 saturated carbocycles. The molecule has 7 aromatic rings. The number of benzene rings is 7. The van der Waals surface area contributed by atoms with Crippen molar-refractivity contribution >= 4 is 21.5 Å². The number of ether oxygens (including phenoxy) is 2. The molecule has 262 valence electrons. The van der Waals surface area contributed by atoms with Gasteiger partial charge >= 0.3 is 0 Å². The van der Waals surface area contributed by atoms with Gasteiger partial charge in [-0.2, -0.15) is 0 Å². The van der Waals surface area contributed by atoms with Crippen LogP contribution in [0.3, 0.4) is 0 Å². The Morgan fingerprint density at radius 1 is 0.404 bits per heavy atom. The van der Waals surface area contributed by atoms with Crippen LogP contribution in [0.5, 0.6) is 11.5 Å². The van der Waals surface area contributed by atoms with Crippen LogP contribution < -0.4 is 9.47 Å². The molecule has 2 N–H and O–H groups in total. The van der Waals surface area contributed by atoms with E-state index in [0.717, 1.165) is 33.8 Å². The first-order valence-electron chi connectivity index (χ1n) is 18.0. The highest BCUT2D eigenvalue weighted by molar-refractivity contribution is 5.89. The predicted octanol–water partition coefficient (Wildman–Crippen LogP) is 10.7. The highest BCUT2D eigenvalue weighted by Crippen LogP contribution is 2.42.